The fourth-order valence-electron chi connectivity index (χ4n) is 3.40. The second kappa shape index (κ2) is 7.92. The molecule has 0 aliphatic carbocycles. The second-order valence-electron chi connectivity index (χ2n) is 6.52. The van der Waals surface area contributed by atoms with Gasteiger partial charge in [-0.05, 0) is 42.7 Å². The standard InChI is InChI=1S/C21H22ClN3O2/c1-3-21(4-2,15-9-11-16(22)12-10-15)24-19(26)14-25-18-8-6-5-7-17(18)23-13-20(25)27/h5-13H,3-4,14H2,1-2H3,(H,24,26). The van der Waals surface area contributed by atoms with Crippen molar-refractivity contribution in [1.29, 1.82) is 0 Å². The van der Waals surface area contributed by atoms with Gasteiger partial charge in [0, 0.05) is 5.02 Å². The Balaban J connectivity index is 1.91. The zero-order valence-electron chi connectivity index (χ0n) is 15.4. The van der Waals surface area contributed by atoms with Crippen LogP contribution in [-0.2, 0) is 16.9 Å². The smallest absolute Gasteiger partial charge is 0.269 e. The molecule has 0 saturated heterocycles. The van der Waals surface area contributed by atoms with E-state index in [1.807, 2.05) is 56.3 Å². The van der Waals surface area contributed by atoms with Gasteiger partial charge in [-0.25, -0.2) is 4.98 Å². The SMILES string of the molecule is CCC(CC)(NC(=O)Cn1c(=O)cnc2ccccc21)c1ccc(Cl)cc1. The molecule has 3 aromatic rings. The maximum Gasteiger partial charge on any atom is 0.269 e. The monoisotopic (exact) mass is 383 g/mol. The third kappa shape index (κ3) is 3.88. The van der Waals surface area contributed by atoms with Crippen molar-refractivity contribution in [2.45, 2.75) is 38.8 Å². The number of aromatic nitrogens is 2. The third-order valence-electron chi connectivity index (χ3n) is 5.04. The van der Waals surface area contributed by atoms with Gasteiger partial charge in [-0.3, -0.25) is 14.2 Å². The van der Waals surface area contributed by atoms with E-state index in [1.54, 1.807) is 6.07 Å². The average molecular weight is 384 g/mol. The molecule has 5 nitrogen and oxygen atoms in total. The predicted molar refractivity (Wildman–Crippen MR) is 108 cm³/mol. The van der Waals surface area contributed by atoms with Crippen molar-refractivity contribution in [2.24, 2.45) is 0 Å². The molecular formula is C21H22ClN3O2. The Morgan fingerprint density at radius 3 is 2.44 bits per heavy atom. The van der Waals surface area contributed by atoms with Crippen molar-refractivity contribution < 1.29 is 4.79 Å². The highest BCUT2D eigenvalue weighted by Crippen LogP contribution is 2.29. The van der Waals surface area contributed by atoms with Crippen LogP contribution in [0.25, 0.3) is 11.0 Å². The van der Waals surface area contributed by atoms with Gasteiger partial charge >= 0.3 is 0 Å². The van der Waals surface area contributed by atoms with Crippen LogP contribution in [0, 0.1) is 0 Å². The van der Waals surface area contributed by atoms with E-state index in [0.717, 1.165) is 18.4 Å². The molecule has 0 radical (unpaired) electrons. The second-order valence-corrected chi connectivity index (χ2v) is 6.95. The van der Waals surface area contributed by atoms with Crippen molar-refractivity contribution in [3.63, 3.8) is 0 Å². The molecule has 0 atom stereocenters. The first-order chi connectivity index (χ1) is 13.0. The fourth-order valence-corrected chi connectivity index (χ4v) is 3.53. The topological polar surface area (TPSA) is 64.0 Å². The van der Waals surface area contributed by atoms with Crippen LogP contribution in [0.2, 0.25) is 5.02 Å². The van der Waals surface area contributed by atoms with E-state index >= 15 is 0 Å². The van der Waals surface area contributed by atoms with E-state index in [1.165, 1.54) is 10.8 Å². The van der Waals surface area contributed by atoms with E-state index in [-0.39, 0.29) is 18.0 Å². The molecule has 0 bridgehead atoms. The maximum atomic E-state index is 12.9. The minimum Gasteiger partial charge on any atom is -0.345 e. The van der Waals surface area contributed by atoms with Crippen molar-refractivity contribution in [1.82, 2.24) is 14.9 Å². The number of nitrogens with one attached hydrogen (secondary N) is 1. The van der Waals surface area contributed by atoms with Crippen molar-refractivity contribution in [3.8, 4) is 0 Å². The number of para-hydroxylation sites is 2. The molecule has 1 N–H and O–H groups in total. The van der Waals surface area contributed by atoms with Crippen molar-refractivity contribution in [3.05, 3.63) is 75.7 Å². The van der Waals surface area contributed by atoms with Gasteiger partial charge < -0.3 is 5.32 Å². The van der Waals surface area contributed by atoms with Gasteiger partial charge in [0.1, 0.15) is 6.54 Å². The number of hydrogen-bond donors (Lipinski definition) is 1. The average Bonchev–Trinajstić information content (AvgIpc) is 2.69. The summed E-state index contributed by atoms with van der Waals surface area (Å²) in [6.45, 7) is 4.01. The molecule has 0 aliphatic rings. The Morgan fingerprint density at radius 2 is 1.78 bits per heavy atom. The van der Waals surface area contributed by atoms with Crippen LogP contribution in [0.5, 0.6) is 0 Å². The van der Waals surface area contributed by atoms with E-state index in [4.69, 9.17) is 11.6 Å². The molecule has 3 rings (SSSR count). The molecule has 2 aromatic carbocycles. The lowest BCUT2D eigenvalue weighted by Gasteiger charge is -2.34. The van der Waals surface area contributed by atoms with Crippen LogP contribution in [0.4, 0.5) is 0 Å². The summed E-state index contributed by atoms with van der Waals surface area (Å²) in [7, 11) is 0. The highest BCUT2D eigenvalue weighted by atomic mass is 35.5. The number of nitrogens with zero attached hydrogens (tertiary/aromatic N) is 2. The maximum absolute atomic E-state index is 12.9. The summed E-state index contributed by atoms with van der Waals surface area (Å²) in [6.07, 6.45) is 2.70. The van der Waals surface area contributed by atoms with Gasteiger partial charge in [-0.15, -0.1) is 0 Å². The Bertz CT molecular complexity index is 1010. The predicted octanol–water partition coefficient (Wildman–Crippen LogP) is 3.88. The number of halogens is 1. The van der Waals surface area contributed by atoms with Gasteiger partial charge in [-0.1, -0.05) is 49.7 Å². The van der Waals surface area contributed by atoms with Crippen LogP contribution in [0.1, 0.15) is 32.3 Å². The van der Waals surface area contributed by atoms with E-state index in [9.17, 15) is 9.59 Å². The fraction of sp³-hybridized carbons (Fsp3) is 0.286. The number of rotatable bonds is 6. The lowest BCUT2D eigenvalue weighted by Crippen LogP contribution is -2.47. The highest BCUT2D eigenvalue weighted by Gasteiger charge is 2.30. The minimum absolute atomic E-state index is 0.0583. The van der Waals surface area contributed by atoms with Gasteiger partial charge in [0.2, 0.25) is 5.91 Å². The van der Waals surface area contributed by atoms with Gasteiger partial charge in [0.05, 0.1) is 22.8 Å². The first-order valence-electron chi connectivity index (χ1n) is 9.00. The first-order valence-corrected chi connectivity index (χ1v) is 9.38. The van der Waals surface area contributed by atoms with Crippen LogP contribution in [-0.4, -0.2) is 15.5 Å². The lowest BCUT2D eigenvalue weighted by molar-refractivity contribution is -0.123. The molecule has 1 heterocycles. The highest BCUT2D eigenvalue weighted by molar-refractivity contribution is 6.30. The number of carbonyl (C=O) groups is 1. The molecule has 27 heavy (non-hydrogen) atoms. The summed E-state index contributed by atoms with van der Waals surface area (Å²) in [5.41, 5.74) is 1.52. The largest absolute Gasteiger partial charge is 0.345 e. The summed E-state index contributed by atoms with van der Waals surface area (Å²) in [5, 5.41) is 3.80. The molecule has 6 heteroatoms. The number of hydrogen-bond acceptors (Lipinski definition) is 3. The van der Waals surface area contributed by atoms with E-state index < -0.39 is 5.54 Å². The summed E-state index contributed by atoms with van der Waals surface area (Å²) in [4.78, 5) is 29.3. The van der Waals surface area contributed by atoms with Gasteiger partial charge in [0.15, 0.2) is 0 Å². The van der Waals surface area contributed by atoms with Crippen LogP contribution in [0.3, 0.4) is 0 Å². The number of benzene rings is 2. The first kappa shape index (κ1) is 19.1. The normalized spacial score (nSPS) is 11.5. The molecule has 0 saturated carbocycles. The molecule has 1 amide bonds. The third-order valence-corrected chi connectivity index (χ3v) is 5.29. The molecule has 140 valence electrons. The van der Waals surface area contributed by atoms with Crippen molar-refractivity contribution in [2.75, 3.05) is 0 Å². The molecule has 1 aromatic heterocycles. The molecule has 0 aliphatic heterocycles. The van der Waals surface area contributed by atoms with Crippen LogP contribution >= 0.6 is 11.6 Å². The van der Waals surface area contributed by atoms with E-state index in [0.29, 0.717) is 16.1 Å². The van der Waals surface area contributed by atoms with Crippen LogP contribution < -0.4 is 10.9 Å². The number of fused-ring (bicyclic) bond motifs is 1. The molecule has 0 spiro atoms. The zero-order chi connectivity index (χ0) is 19.4. The lowest BCUT2D eigenvalue weighted by atomic mass is 9.84. The van der Waals surface area contributed by atoms with Gasteiger partial charge in [0.25, 0.3) is 5.56 Å². The Morgan fingerprint density at radius 1 is 1.11 bits per heavy atom. The van der Waals surface area contributed by atoms with Gasteiger partial charge in [-0.2, -0.15) is 0 Å². The summed E-state index contributed by atoms with van der Waals surface area (Å²) in [5.74, 6) is -0.216. The van der Waals surface area contributed by atoms with Crippen LogP contribution in [0.15, 0.2) is 59.5 Å². The van der Waals surface area contributed by atoms with Crippen molar-refractivity contribution >= 4 is 28.5 Å². The Hall–Kier alpha value is -2.66. The molecule has 0 fully saturated rings. The Labute approximate surface area is 163 Å². The summed E-state index contributed by atoms with van der Waals surface area (Å²) < 4.78 is 1.45. The number of amides is 1. The Kier molecular flexibility index (Phi) is 5.61. The summed E-state index contributed by atoms with van der Waals surface area (Å²) >= 11 is 6.00. The van der Waals surface area contributed by atoms with E-state index in [2.05, 4.69) is 10.3 Å². The quantitative estimate of drug-likeness (QED) is 0.702. The number of carbonyl (C=O) groups excluding carboxylic acids is 1. The zero-order valence-corrected chi connectivity index (χ0v) is 16.2. The molecule has 0 unspecified atom stereocenters. The minimum atomic E-state index is -0.506. The summed E-state index contributed by atoms with van der Waals surface area (Å²) in [6, 6.07) is 14.8. The molecular weight excluding hydrogens is 362 g/mol.